The molecule has 0 radical (unpaired) electrons. The fourth-order valence-corrected chi connectivity index (χ4v) is 3.24. The molecule has 0 saturated heterocycles. The van der Waals surface area contributed by atoms with Crippen molar-refractivity contribution in [1.82, 2.24) is 0 Å². The molecule has 0 aliphatic rings. The van der Waals surface area contributed by atoms with Crippen LogP contribution in [-0.4, -0.2) is 48.5 Å². The van der Waals surface area contributed by atoms with Gasteiger partial charge in [0, 0.05) is 5.39 Å². The van der Waals surface area contributed by atoms with Crippen molar-refractivity contribution in [3.05, 3.63) is 30.3 Å². The minimum atomic E-state index is -4.07. The summed E-state index contributed by atoms with van der Waals surface area (Å²) in [6.07, 6.45) is 5.77. The van der Waals surface area contributed by atoms with Crippen molar-refractivity contribution in [2.45, 2.75) is 4.90 Å². The third-order valence-electron chi connectivity index (χ3n) is 2.89. The highest BCUT2D eigenvalue weighted by molar-refractivity contribution is 7.87. The van der Waals surface area contributed by atoms with Gasteiger partial charge in [-0.1, -0.05) is 30.2 Å². The maximum atomic E-state index is 12.4. The average Bonchev–Trinajstić information content (AvgIpc) is 2.56. The van der Waals surface area contributed by atoms with Crippen LogP contribution in [0.1, 0.15) is 0 Å². The van der Waals surface area contributed by atoms with E-state index in [0.29, 0.717) is 22.8 Å². The zero-order valence-corrected chi connectivity index (χ0v) is 15.9. The fraction of sp³-hybridized carbons (Fsp3) is 0.250. The summed E-state index contributed by atoms with van der Waals surface area (Å²) in [5.41, 5.74) is 0. The fourth-order valence-electron chi connectivity index (χ4n) is 2.03. The molecule has 10 heteroatoms. The Hall–Kier alpha value is -2.32. The van der Waals surface area contributed by atoms with E-state index in [4.69, 9.17) is 24.6 Å². The van der Waals surface area contributed by atoms with Crippen LogP contribution >= 0.6 is 0 Å². The van der Waals surface area contributed by atoms with Gasteiger partial charge in [0.2, 0.25) is 0 Å². The molecule has 0 saturated carbocycles. The Morgan fingerprint density at radius 2 is 1.69 bits per heavy atom. The van der Waals surface area contributed by atoms with Crippen molar-refractivity contribution >= 4 is 31.0 Å². The number of benzene rings is 2. The van der Waals surface area contributed by atoms with Gasteiger partial charge in [-0.05, 0) is 11.5 Å². The van der Waals surface area contributed by atoms with Gasteiger partial charge >= 0.3 is 10.1 Å². The molecule has 2 rings (SSSR count). The van der Waals surface area contributed by atoms with Crippen molar-refractivity contribution in [3.63, 3.8) is 0 Å². The average molecular weight is 402 g/mol. The SMILES string of the molecule is C#CCOS(=O)(=O)c1c(OC)c(OC)cc2ccccc12.CS(=O)(=O)O. The zero-order chi connectivity index (χ0) is 20.0. The summed E-state index contributed by atoms with van der Waals surface area (Å²) >= 11 is 0. The lowest BCUT2D eigenvalue weighted by molar-refractivity contribution is 0.336. The van der Waals surface area contributed by atoms with E-state index in [1.165, 1.54) is 14.2 Å². The molecule has 2 aromatic carbocycles. The summed E-state index contributed by atoms with van der Waals surface area (Å²) in [7, 11) is -4.93. The van der Waals surface area contributed by atoms with Crippen molar-refractivity contribution in [1.29, 1.82) is 0 Å². The molecule has 8 nitrogen and oxygen atoms in total. The lowest BCUT2D eigenvalue weighted by Crippen LogP contribution is -2.10. The monoisotopic (exact) mass is 402 g/mol. The smallest absolute Gasteiger partial charge is 0.302 e. The number of fused-ring (bicyclic) bond motifs is 1. The zero-order valence-electron chi connectivity index (χ0n) is 14.3. The minimum absolute atomic E-state index is 0.0878. The molecule has 0 heterocycles. The molecule has 1 N–H and O–H groups in total. The van der Waals surface area contributed by atoms with Gasteiger partial charge < -0.3 is 9.47 Å². The number of terminal acetylenes is 1. The molecule has 0 atom stereocenters. The number of rotatable bonds is 5. The van der Waals surface area contributed by atoms with Gasteiger partial charge in [0.05, 0.1) is 20.5 Å². The van der Waals surface area contributed by atoms with Gasteiger partial charge in [-0.3, -0.25) is 8.74 Å². The Bertz CT molecular complexity index is 1010. The summed E-state index contributed by atoms with van der Waals surface area (Å²) in [4.78, 5) is -0.0878. The lowest BCUT2D eigenvalue weighted by Gasteiger charge is -2.15. The molecule has 0 amide bonds. The highest BCUT2D eigenvalue weighted by Gasteiger charge is 2.27. The molecular formula is C16H18O8S2. The van der Waals surface area contributed by atoms with Crippen LogP contribution in [0, 0.1) is 12.3 Å². The topological polar surface area (TPSA) is 116 Å². The first-order valence-corrected chi connectivity index (χ1v) is 10.2. The number of hydrogen-bond donors (Lipinski definition) is 1. The molecule has 0 fully saturated rings. The Balaban J connectivity index is 0.000000597. The highest BCUT2D eigenvalue weighted by atomic mass is 32.2. The second-order valence-electron chi connectivity index (χ2n) is 4.82. The summed E-state index contributed by atoms with van der Waals surface area (Å²) in [6.45, 7) is -0.350. The van der Waals surface area contributed by atoms with Crippen LogP contribution in [0.15, 0.2) is 35.2 Å². The van der Waals surface area contributed by atoms with Gasteiger partial charge in [0.1, 0.15) is 11.5 Å². The van der Waals surface area contributed by atoms with Gasteiger partial charge in [-0.25, -0.2) is 0 Å². The third-order valence-corrected chi connectivity index (χ3v) is 4.23. The third kappa shape index (κ3) is 5.89. The Kier molecular flexibility index (Phi) is 7.41. The second-order valence-corrected chi connectivity index (χ2v) is 7.83. The Labute approximate surface area is 152 Å². The van der Waals surface area contributed by atoms with Crippen LogP contribution in [0.4, 0.5) is 0 Å². The molecular weight excluding hydrogens is 384 g/mol. The highest BCUT2D eigenvalue weighted by Crippen LogP contribution is 2.40. The van der Waals surface area contributed by atoms with Gasteiger partial charge in [0.15, 0.2) is 11.5 Å². The van der Waals surface area contributed by atoms with Crippen molar-refractivity contribution in [3.8, 4) is 23.8 Å². The molecule has 0 aliphatic carbocycles. The summed E-state index contributed by atoms with van der Waals surface area (Å²) < 4.78 is 65.9. The van der Waals surface area contributed by atoms with E-state index in [9.17, 15) is 16.8 Å². The van der Waals surface area contributed by atoms with Crippen LogP contribution in [0.3, 0.4) is 0 Å². The quantitative estimate of drug-likeness (QED) is 0.456. The summed E-state index contributed by atoms with van der Waals surface area (Å²) in [5.74, 6) is 2.53. The first-order chi connectivity index (χ1) is 12.0. The van der Waals surface area contributed by atoms with E-state index >= 15 is 0 Å². The van der Waals surface area contributed by atoms with E-state index in [-0.39, 0.29) is 17.3 Å². The lowest BCUT2D eigenvalue weighted by atomic mass is 10.1. The molecule has 2 aromatic rings. The molecule has 0 aromatic heterocycles. The summed E-state index contributed by atoms with van der Waals surface area (Å²) in [6, 6.07) is 8.68. The summed E-state index contributed by atoms with van der Waals surface area (Å²) in [5, 5.41) is 1.17. The van der Waals surface area contributed by atoms with Crippen molar-refractivity contribution in [2.75, 3.05) is 27.1 Å². The van der Waals surface area contributed by atoms with Crippen molar-refractivity contribution in [2.24, 2.45) is 0 Å². The molecule has 26 heavy (non-hydrogen) atoms. The standard InChI is InChI=1S/C15H14O5S.CH4O3S/c1-4-9-20-21(16,17)15-12-8-6-5-7-11(12)10-13(18-2)14(15)19-3;1-5(2,3)4/h1,5-8,10H,9H2,2-3H3;1H3,(H,2,3,4). The van der Waals surface area contributed by atoms with Crippen LogP contribution in [0.5, 0.6) is 11.5 Å². The maximum Gasteiger partial charge on any atom is 0.302 e. The number of hydrogen-bond acceptors (Lipinski definition) is 7. The van der Waals surface area contributed by atoms with Crippen LogP contribution in [-0.2, 0) is 24.4 Å². The van der Waals surface area contributed by atoms with Crippen LogP contribution in [0.2, 0.25) is 0 Å². The van der Waals surface area contributed by atoms with Gasteiger partial charge in [0.25, 0.3) is 10.1 Å². The first-order valence-electron chi connectivity index (χ1n) is 6.94. The molecule has 142 valence electrons. The minimum Gasteiger partial charge on any atom is -0.493 e. The largest absolute Gasteiger partial charge is 0.493 e. The van der Waals surface area contributed by atoms with E-state index < -0.39 is 20.2 Å². The van der Waals surface area contributed by atoms with E-state index in [2.05, 4.69) is 5.92 Å². The normalized spacial score (nSPS) is 11.2. The molecule has 0 unspecified atom stereocenters. The molecule has 0 spiro atoms. The van der Waals surface area contributed by atoms with E-state index in [1.54, 1.807) is 30.3 Å². The number of ether oxygens (including phenoxy) is 2. The van der Waals surface area contributed by atoms with Gasteiger partial charge in [-0.15, -0.1) is 6.42 Å². The molecule has 0 aliphatic heterocycles. The molecule has 0 bridgehead atoms. The van der Waals surface area contributed by atoms with Crippen LogP contribution in [0.25, 0.3) is 10.8 Å². The van der Waals surface area contributed by atoms with E-state index in [1.807, 2.05) is 0 Å². The Morgan fingerprint density at radius 1 is 1.12 bits per heavy atom. The number of methoxy groups -OCH3 is 2. The van der Waals surface area contributed by atoms with E-state index in [0.717, 1.165) is 0 Å². The predicted molar refractivity (Wildman–Crippen MR) is 96.5 cm³/mol. The predicted octanol–water partition coefficient (Wildman–Crippen LogP) is 1.70. The Morgan fingerprint density at radius 3 is 2.19 bits per heavy atom. The first kappa shape index (κ1) is 21.7. The van der Waals surface area contributed by atoms with Gasteiger partial charge in [-0.2, -0.15) is 16.8 Å². The van der Waals surface area contributed by atoms with Crippen LogP contribution < -0.4 is 9.47 Å². The maximum absolute atomic E-state index is 12.4. The van der Waals surface area contributed by atoms with Crippen molar-refractivity contribution < 1.29 is 35.0 Å². The second kappa shape index (κ2) is 8.86.